The van der Waals surface area contributed by atoms with Crippen LogP contribution < -0.4 is 0 Å². The predicted octanol–water partition coefficient (Wildman–Crippen LogP) is 3.28. The number of rotatable bonds is 1. The summed E-state index contributed by atoms with van der Waals surface area (Å²) in [6.07, 6.45) is 4.79. The quantitative estimate of drug-likeness (QED) is 0.760. The van der Waals surface area contributed by atoms with E-state index in [4.69, 9.17) is 0 Å². The van der Waals surface area contributed by atoms with E-state index in [1.165, 1.54) is 24.2 Å². The molecule has 72 valence electrons. The number of pyridine rings is 1. The maximum Gasteiger partial charge on any atom is 0.137 e. The standard InChI is InChI=1S/C11H11BrN2/c1-7-9(12)4-5-11-13-10(6-14(7)11)8-2-3-8/h4-6,8H,2-3H2,1H3. The molecule has 1 aliphatic rings. The highest BCUT2D eigenvalue weighted by Crippen LogP contribution is 2.39. The maximum absolute atomic E-state index is 4.62. The molecular weight excluding hydrogens is 240 g/mol. The third-order valence-electron chi connectivity index (χ3n) is 2.83. The molecule has 2 nitrogen and oxygen atoms in total. The Morgan fingerprint density at radius 3 is 2.93 bits per heavy atom. The Kier molecular flexibility index (Phi) is 1.71. The van der Waals surface area contributed by atoms with Crippen LogP contribution in [0.15, 0.2) is 22.8 Å². The molecule has 0 bridgehead atoms. The molecule has 0 saturated heterocycles. The number of fused-ring (bicyclic) bond motifs is 1. The fourth-order valence-electron chi connectivity index (χ4n) is 1.76. The number of hydrogen-bond donors (Lipinski definition) is 0. The van der Waals surface area contributed by atoms with Crippen LogP contribution in [0.4, 0.5) is 0 Å². The topological polar surface area (TPSA) is 17.3 Å². The van der Waals surface area contributed by atoms with E-state index < -0.39 is 0 Å². The largest absolute Gasteiger partial charge is 0.303 e. The fourth-order valence-corrected chi connectivity index (χ4v) is 2.08. The van der Waals surface area contributed by atoms with Crippen molar-refractivity contribution in [1.29, 1.82) is 0 Å². The van der Waals surface area contributed by atoms with Crippen molar-refractivity contribution in [3.05, 3.63) is 34.2 Å². The molecule has 0 N–H and O–H groups in total. The zero-order chi connectivity index (χ0) is 9.71. The molecule has 0 spiro atoms. The molecule has 0 amide bonds. The third kappa shape index (κ3) is 1.19. The maximum atomic E-state index is 4.62. The minimum Gasteiger partial charge on any atom is -0.303 e. The van der Waals surface area contributed by atoms with Crippen molar-refractivity contribution < 1.29 is 0 Å². The summed E-state index contributed by atoms with van der Waals surface area (Å²) in [6, 6.07) is 4.12. The molecule has 2 aromatic rings. The van der Waals surface area contributed by atoms with Gasteiger partial charge in [0.1, 0.15) is 5.65 Å². The van der Waals surface area contributed by atoms with Crippen LogP contribution in [0, 0.1) is 6.92 Å². The van der Waals surface area contributed by atoms with Crippen LogP contribution in [0.3, 0.4) is 0 Å². The summed E-state index contributed by atoms with van der Waals surface area (Å²) >= 11 is 3.53. The van der Waals surface area contributed by atoms with Gasteiger partial charge in [-0.25, -0.2) is 4.98 Å². The van der Waals surface area contributed by atoms with Gasteiger partial charge in [0, 0.05) is 22.3 Å². The first kappa shape index (κ1) is 8.48. The van der Waals surface area contributed by atoms with Gasteiger partial charge in [0.25, 0.3) is 0 Å². The van der Waals surface area contributed by atoms with Gasteiger partial charge in [-0.1, -0.05) is 0 Å². The predicted molar refractivity (Wildman–Crippen MR) is 59.6 cm³/mol. The lowest BCUT2D eigenvalue weighted by Gasteiger charge is -2.00. The molecule has 2 heterocycles. The lowest BCUT2D eigenvalue weighted by Crippen LogP contribution is -1.89. The van der Waals surface area contributed by atoms with Gasteiger partial charge >= 0.3 is 0 Å². The molecule has 14 heavy (non-hydrogen) atoms. The summed E-state index contributed by atoms with van der Waals surface area (Å²) in [5, 5.41) is 0. The first-order valence-corrected chi connectivity index (χ1v) is 5.69. The number of halogens is 1. The third-order valence-corrected chi connectivity index (χ3v) is 3.67. The Morgan fingerprint density at radius 2 is 2.21 bits per heavy atom. The fraction of sp³-hybridized carbons (Fsp3) is 0.364. The van der Waals surface area contributed by atoms with Gasteiger partial charge in [0.15, 0.2) is 0 Å². The second kappa shape index (κ2) is 2.83. The lowest BCUT2D eigenvalue weighted by atomic mass is 10.3. The van der Waals surface area contributed by atoms with Gasteiger partial charge in [0.2, 0.25) is 0 Å². The van der Waals surface area contributed by atoms with Crippen LogP contribution in [-0.2, 0) is 0 Å². The molecule has 0 radical (unpaired) electrons. The SMILES string of the molecule is Cc1c(Br)ccc2nc(C3CC3)cn12. The minimum atomic E-state index is 0.730. The van der Waals surface area contributed by atoms with Crippen LogP contribution in [0.1, 0.15) is 30.1 Å². The van der Waals surface area contributed by atoms with E-state index in [-0.39, 0.29) is 0 Å². The zero-order valence-corrected chi connectivity index (χ0v) is 9.58. The van der Waals surface area contributed by atoms with Crippen molar-refractivity contribution in [1.82, 2.24) is 9.38 Å². The highest BCUT2D eigenvalue weighted by Gasteiger charge is 2.26. The van der Waals surface area contributed by atoms with Gasteiger partial charge in [-0.2, -0.15) is 0 Å². The summed E-state index contributed by atoms with van der Waals surface area (Å²) in [5.41, 5.74) is 3.54. The molecule has 0 aliphatic heterocycles. The second-order valence-corrected chi connectivity index (χ2v) is 4.79. The Balaban J connectivity index is 2.26. The zero-order valence-electron chi connectivity index (χ0n) is 8.00. The van der Waals surface area contributed by atoms with Crippen LogP contribution >= 0.6 is 15.9 Å². The van der Waals surface area contributed by atoms with Crippen molar-refractivity contribution in [3.63, 3.8) is 0 Å². The Hall–Kier alpha value is -0.830. The smallest absolute Gasteiger partial charge is 0.137 e. The van der Waals surface area contributed by atoms with Gasteiger partial charge in [-0.3, -0.25) is 0 Å². The average molecular weight is 251 g/mol. The van der Waals surface area contributed by atoms with Crippen LogP contribution in [0.5, 0.6) is 0 Å². The molecular formula is C11H11BrN2. The molecule has 0 aromatic carbocycles. The molecule has 3 heteroatoms. The molecule has 3 rings (SSSR count). The van der Waals surface area contributed by atoms with E-state index in [0.717, 1.165) is 16.0 Å². The van der Waals surface area contributed by atoms with Crippen molar-refractivity contribution in [3.8, 4) is 0 Å². The lowest BCUT2D eigenvalue weighted by molar-refractivity contribution is 1.04. The molecule has 1 saturated carbocycles. The summed E-state index contributed by atoms with van der Waals surface area (Å²) in [5.74, 6) is 0.730. The Labute approximate surface area is 91.1 Å². The van der Waals surface area contributed by atoms with Gasteiger partial charge in [0.05, 0.1) is 5.69 Å². The highest BCUT2D eigenvalue weighted by molar-refractivity contribution is 9.10. The summed E-state index contributed by atoms with van der Waals surface area (Å²) in [4.78, 5) is 4.62. The monoisotopic (exact) mass is 250 g/mol. The van der Waals surface area contributed by atoms with Gasteiger partial charge in [-0.15, -0.1) is 0 Å². The Bertz CT molecular complexity index is 497. The molecule has 0 unspecified atom stereocenters. The van der Waals surface area contributed by atoms with E-state index in [2.05, 4.69) is 50.6 Å². The highest BCUT2D eigenvalue weighted by atomic mass is 79.9. The molecule has 1 fully saturated rings. The number of aromatic nitrogens is 2. The van der Waals surface area contributed by atoms with E-state index in [1.54, 1.807) is 0 Å². The number of aryl methyl sites for hydroxylation is 1. The van der Waals surface area contributed by atoms with E-state index in [9.17, 15) is 0 Å². The number of imidazole rings is 1. The number of nitrogens with zero attached hydrogens (tertiary/aromatic N) is 2. The minimum absolute atomic E-state index is 0.730. The van der Waals surface area contributed by atoms with E-state index in [1.807, 2.05) is 0 Å². The molecule has 1 aliphatic carbocycles. The first-order chi connectivity index (χ1) is 6.75. The van der Waals surface area contributed by atoms with Gasteiger partial charge in [-0.05, 0) is 47.8 Å². The molecule has 2 aromatic heterocycles. The van der Waals surface area contributed by atoms with Crippen LogP contribution in [0.2, 0.25) is 0 Å². The van der Waals surface area contributed by atoms with E-state index >= 15 is 0 Å². The van der Waals surface area contributed by atoms with Crippen LogP contribution in [-0.4, -0.2) is 9.38 Å². The average Bonchev–Trinajstić information content (AvgIpc) is 2.93. The normalized spacial score (nSPS) is 16.4. The molecule has 0 atom stereocenters. The summed E-state index contributed by atoms with van der Waals surface area (Å²) in [6.45, 7) is 2.11. The van der Waals surface area contributed by atoms with Crippen LogP contribution in [0.25, 0.3) is 5.65 Å². The second-order valence-electron chi connectivity index (χ2n) is 3.93. The van der Waals surface area contributed by atoms with Crippen molar-refractivity contribution in [2.24, 2.45) is 0 Å². The van der Waals surface area contributed by atoms with Gasteiger partial charge < -0.3 is 4.40 Å². The summed E-state index contributed by atoms with van der Waals surface area (Å²) in [7, 11) is 0. The first-order valence-electron chi connectivity index (χ1n) is 4.90. The van der Waals surface area contributed by atoms with Crippen molar-refractivity contribution in [2.75, 3.05) is 0 Å². The van der Waals surface area contributed by atoms with E-state index in [0.29, 0.717) is 0 Å². The Morgan fingerprint density at radius 1 is 1.43 bits per heavy atom. The number of hydrogen-bond acceptors (Lipinski definition) is 1. The van der Waals surface area contributed by atoms with Crippen molar-refractivity contribution in [2.45, 2.75) is 25.7 Å². The summed E-state index contributed by atoms with van der Waals surface area (Å²) < 4.78 is 3.31. The van der Waals surface area contributed by atoms with Crippen molar-refractivity contribution >= 4 is 21.6 Å².